The summed E-state index contributed by atoms with van der Waals surface area (Å²) in [4.78, 5) is 23.1. The Bertz CT molecular complexity index is 228. The third-order valence-corrected chi connectivity index (χ3v) is 2.15. The van der Waals surface area contributed by atoms with E-state index in [0.717, 1.165) is 12.8 Å². The molecule has 5 nitrogen and oxygen atoms in total. The van der Waals surface area contributed by atoms with Gasteiger partial charge in [-0.2, -0.15) is 0 Å². The highest BCUT2D eigenvalue weighted by Gasteiger charge is 2.09. The molecule has 0 aliphatic carbocycles. The summed E-state index contributed by atoms with van der Waals surface area (Å²) < 4.78 is 4.71. The van der Waals surface area contributed by atoms with Crippen molar-refractivity contribution in [2.45, 2.75) is 26.7 Å². The highest BCUT2D eigenvalue weighted by molar-refractivity contribution is 5.77. The third-order valence-electron chi connectivity index (χ3n) is 2.15. The van der Waals surface area contributed by atoms with Crippen LogP contribution in [0.3, 0.4) is 0 Å². The maximum Gasteiger partial charge on any atom is 0.329 e. The van der Waals surface area contributed by atoms with Crippen molar-refractivity contribution in [1.29, 1.82) is 0 Å². The van der Waals surface area contributed by atoms with Gasteiger partial charge in [-0.25, -0.2) is 4.79 Å². The molecule has 0 aliphatic rings. The van der Waals surface area contributed by atoms with Gasteiger partial charge < -0.3 is 14.7 Å². The van der Waals surface area contributed by atoms with E-state index in [-0.39, 0.29) is 12.5 Å². The minimum atomic E-state index is -1.06. The summed E-state index contributed by atoms with van der Waals surface area (Å²) in [6.45, 7) is 4.37. The first-order chi connectivity index (χ1) is 7.43. The number of hydrogen-bond donors (Lipinski definition) is 1. The Labute approximate surface area is 96.4 Å². The van der Waals surface area contributed by atoms with E-state index in [1.165, 1.54) is 0 Å². The van der Waals surface area contributed by atoms with Crippen LogP contribution in [0.5, 0.6) is 0 Å². The number of carbonyl (C=O) groups is 2. The highest BCUT2D eigenvalue weighted by Crippen LogP contribution is 2.04. The topological polar surface area (TPSA) is 66.8 Å². The Balaban J connectivity index is 3.61. The average Bonchev–Trinajstić information content (AvgIpc) is 2.16. The SMILES string of the molecule is CC(C)CCCN(C)C(=O)COCC(=O)O. The molecule has 0 aromatic rings. The van der Waals surface area contributed by atoms with Gasteiger partial charge in [0.1, 0.15) is 13.2 Å². The summed E-state index contributed by atoms with van der Waals surface area (Å²) in [6.07, 6.45) is 2.03. The fourth-order valence-electron chi connectivity index (χ4n) is 1.20. The zero-order valence-corrected chi connectivity index (χ0v) is 10.2. The van der Waals surface area contributed by atoms with Gasteiger partial charge in [-0.05, 0) is 18.8 Å². The molecule has 0 saturated carbocycles. The van der Waals surface area contributed by atoms with E-state index in [4.69, 9.17) is 9.84 Å². The molecule has 0 fully saturated rings. The lowest BCUT2D eigenvalue weighted by Crippen LogP contribution is -2.32. The van der Waals surface area contributed by atoms with Gasteiger partial charge in [0.15, 0.2) is 0 Å². The van der Waals surface area contributed by atoms with E-state index >= 15 is 0 Å². The smallest absolute Gasteiger partial charge is 0.329 e. The second-order valence-corrected chi connectivity index (χ2v) is 4.24. The predicted molar refractivity (Wildman–Crippen MR) is 60.2 cm³/mol. The molecule has 5 heteroatoms. The van der Waals surface area contributed by atoms with Gasteiger partial charge in [-0.15, -0.1) is 0 Å². The molecule has 0 aromatic heterocycles. The number of likely N-dealkylation sites (N-methyl/N-ethyl adjacent to an activating group) is 1. The van der Waals surface area contributed by atoms with Crippen LogP contribution in [0.1, 0.15) is 26.7 Å². The zero-order valence-electron chi connectivity index (χ0n) is 10.2. The number of amides is 1. The minimum Gasteiger partial charge on any atom is -0.480 e. The molecule has 0 aromatic carbocycles. The molecule has 0 saturated heterocycles. The summed E-state index contributed by atoms with van der Waals surface area (Å²) in [5.74, 6) is -0.605. The Morgan fingerprint density at radius 2 is 1.94 bits per heavy atom. The second kappa shape index (κ2) is 8.10. The van der Waals surface area contributed by atoms with Crippen LogP contribution in [0.4, 0.5) is 0 Å². The van der Waals surface area contributed by atoms with Crippen LogP contribution < -0.4 is 0 Å². The van der Waals surface area contributed by atoms with Crippen LogP contribution >= 0.6 is 0 Å². The Hall–Kier alpha value is -1.10. The van der Waals surface area contributed by atoms with Gasteiger partial charge in [-0.1, -0.05) is 13.8 Å². The first-order valence-electron chi connectivity index (χ1n) is 5.47. The summed E-state index contributed by atoms with van der Waals surface area (Å²) in [5.41, 5.74) is 0. The van der Waals surface area contributed by atoms with Crippen molar-refractivity contribution in [1.82, 2.24) is 4.90 Å². The number of hydrogen-bond acceptors (Lipinski definition) is 3. The number of carboxylic acid groups (broad SMARTS) is 1. The number of ether oxygens (including phenoxy) is 1. The van der Waals surface area contributed by atoms with Crippen LogP contribution in [0.2, 0.25) is 0 Å². The van der Waals surface area contributed by atoms with E-state index in [1.807, 2.05) is 0 Å². The van der Waals surface area contributed by atoms with Crippen LogP contribution in [0, 0.1) is 5.92 Å². The van der Waals surface area contributed by atoms with Crippen LogP contribution in [-0.4, -0.2) is 48.7 Å². The molecule has 0 heterocycles. The van der Waals surface area contributed by atoms with Gasteiger partial charge in [0, 0.05) is 13.6 Å². The Morgan fingerprint density at radius 3 is 2.44 bits per heavy atom. The van der Waals surface area contributed by atoms with Crippen molar-refractivity contribution < 1.29 is 19.4 Å². The number of carboxylic acids is 1. The molecular weight excluding hydrogens is 210 g/mol. The Kier molecular flexibility index (Phi) is 7.54. The molecule has 0 spiro atoms. The molecule has 0 atom stereocenters. The van der Waals surface area contributed by atoms with E-state index in [2.05, 4.69) is 13.8 Å². The molecule has 94 valence electrons. The lowest BCUT2D eigenvalue weighted by Gasteiger charge is -2.17. The van der Waals surface area contributed by atoms with E-state index in [0.29, 0.717) is 12.5 Å². The summed E-state index contributed by atoms with van der Waals surface area (Å²) in [7, 11) is 1.70. The highest BCUT2D eigenvalue weighted by atomic mass is 16.5. The van der Waals surface area contributed by atoms with Crippen molar-refractivity contribution in [3.63, 3.8) is 0 Å². The summed E-state index contributed by atoms with van der Waals surface area (Å²) in [6, 6.07) is 0. The van der Waals surface area contributed by atoms with Gasteiger partial charge in [-0.3, -0.25) is 4.79 Å². The van der Waals surface area contributed by atoms with Crippen molar-refractivity contribution >= 4 is 11.9 Å². The number of carbonyl (C=O) groups excluding carboxylic acids is 1. The molecule has 0 bridgehead atoms. The summed E-state index contributed by atoms with van der Waals surface area (Å²) in [5, 5.41) is 8.32. The average molecular weight is 231 g/mol. The van der Waals surface area contributed by atoms with Gasteiger partial charge in [0.25, 0.3) is 0 Å². The van der Waals surface area contributed by atoms with E-state index in [1.54, 1.807) is 11.9 Å². The third kappa shape index (κ3) is 8.23. The standard InChI is InChI=1S/C11H21NO4/c1-9(2)5-4-6-12(3)10(13)7-16-8-11(14)15/h9H,4-8H2,1-3H3,(H,14,15). The molecule has 1 amide bonds. The zero-order chi connectivity index (χ0) is 12.6. The lowest BCUT2D eigenvalue weighted by molar-refractivity contribution is -0.145. The maximum absolute atomic E-state index is 11.4. The molecule has 0 aliphatic heterocycles. The number of rotatable bonds is 8. The van der Waals surface area contributed by atoms with Crippen LogP contribution in [0.25, 0.3) is 0 Å². The molecular formula is C11H21NO4. The molecule has 0 radical (unpaired) electrons. The first kappa shape index (κ1) is 14.9. The van der Waals surface area contributed by atoms with Crippen LogP contribution in [0.15, 0.2) is 0 Å². The van der Waals surface area contributed by atoms with Crippen molar-refractivity contribution in [2.75, 3.05) is 26.8 Å². The van der Waals surface area contributed by atoms with Gasteiger partial charge in [0.05, 0.1) is 0 Å². The lowest BCUT2D eigenvalue weighted by atomic mass is 10.1. The largest absolute Gasteiger partial charge is 0.480 e. The van der Waals surface area contributed by atoms with E-state index in [9.17, 15) is 9.59 Å². The minimum absolute atomic E-state index is 0.162. The maximum atomic E-state index is 11.4. The van der Waals surface area contributed by atoms with Gasteiger partial charge >= 0.3 is 5.97 Å². The molecule has 0 unspecified atom stereocenters. The normalized spacial score (nSPS) is 10.5. The monoisotopic (exact) mass is 231 g/mol. The van der Waals surface area contributed by atoms with Crippen molar-refractivity contribution in [3.8, 4) is 0 Å². The van der Waals surface area contributed by atoms with Crippen molar-refractivity contribution in [3.05, 3.63) is 0 Å². The Morgan fingerprint density at radius 1 is 1.31 bits per heavy atom. The van der Waals surface area contributed by atoms with Crippen molar-refractivity contribution in [2.24, 2.45) is 5.92 Å². The molecule has 0 rings (SSSR count). The van der Waals surface area contributed by atoms with Gasteiger partial charge in [0.2, 0.25) is 5.91 Å². The summed E-state index contributed by atoms with van der Waals surface area (Å²) >= 11 is 0. The second-order valence-electron chi connectivity index (χ2n) is 4.24. The molecule has 1 N–H and O–H groups in total. The fourth-order valence-corrected chi connectivity index (χ4v) is 1.20. The first-order valence-corrected chi connectivity index (χ1v) is 5.47. The predicted octanol–water partition coefficient (Wildman–Crippen LogP) is 0.982. The molecule has 16 heavy (non-hydrogen) atoms. The fraction of sp³-hybridized carbons (Fsp3) is 0.818. The number of nitrogens with zero attached hydrogens (tertiary/aromatic N) is 1. The van der Waals surface area contributed by atoms with Crippen LogP contribution in [-0.2, 0) is 14.3 Å². The van der Waals surface area contributed by atoms with E-state index < -0.39 is 12.6 Å². The quantitative estimate of drug-likeness (QED) is 0.676. The number of aliphatic carboxylic acids is 1.